The molecule has 0 saturated carbocycles. The fourth-order valence-electron chi connectivity index (χ4n) is 1.65. The molecular weight excluding hydrogens is 272 g/mol. The van der Waals surface area contributed by atoms with Crippen LogP contribution in [0.25, 0.3) is 0 Å². The van der Waals surface area contributed by atoms with Crippen LogP contribution in [0.15, 0.2) is 29.1 Å². The van der Waals surface area contributed by atoms with Gasteiger partial charge in [0, 0.05) is 5.69 Å². The third kappa shape index (κ3) is 3.88. The van der Waals surface area contributed by atoms with Gasteiger partial charge in [-0.1, -0.05) is 6.07 Å². The van der Waals surface area contributed by atoms with Crippen LogP contribution in [-0.4, -0.2) is 27.3 Å². The molecule has 0 radical (unpaired) electrons. The van der Waals surface area contributed by atoms with Crippen LogP contribution in [0.3, 0.4) is 0 Å². The topological polar surface area (TPSA) is 97.0 Å². The van der Waals surface area contributed by atoms with Gasteiger partial charge in [0.2, 0.25) is 0 Å². The molecule has 0 aliphatic heterocycles. The number of aromatic nitrogens is 3. The third-order valence-corrected chi connectivity index (χ3v) is 2.58. The molecule has 2 N–H and O–H groups in total. The van der Waals surface area contributed by atoms with Crippen LogP contribution in [0.5, 0.6) is 0 Å². The van der Waals surface area contributed by atoms with Crippen LogP contribution in [0.2, 0.25) is 0 Å². The summed E-state index contributed by atoms with van der Waals surface area (Å²) in [4.78, 5) is 26.8. The number of nitrogens with one attached hydrogen (secondary N) is 2. The molecule has 0 bridgehead atoms. The highest BCUT2D eigenvalue weighted by molar-refractivity contribution is 5.90. The van der Waals surface area contributed by atoms with Crippen LogP contribution in [0.4, 0.5) is 11.5 Å². The van der Waals surface area contributed by atoms with Gasteiger partial charge in [0.15, 0.2) is 5.82 Å². The molecule has 0 fully saturated rings. The predicted octanol–water partition coefficient (Wildman–Crippen LogP) is 1.78. The average molecular weight is 288 g/mol. The Morgan fingerprint density at radius 1 is 1.38 bits per heavy atom. The van der Waals surface area contributed by atoms with E-state index in [1.807, 2.05) is 0 Å². The van der Waals surface area contributed by atoms with Crippen molar-refractivity contribution in [3.63, 3.8) is 0 Å². The smallest absolute Gasteiger partial charge is 0.363 e. The van der Waals surface area contributed by atoms with Crippen molar-refractivity contribution in [2.24, 2.45) is 0 Å². The van der Waals surface area contributed by atoms with Gasteiger partial charge in [-0.15, -0.1) is 0 Å². The van der Waals surface area contributed by atoms with Gasteiger partial charge in [0.25, 0.3) is 0 Å². The van der Waals surface area contributed by atoms with Crippen LogP contribution >= 0.6 is 0 Å². The highest BCUT2D eigenvalue weighted by Gasteiger charge is 2.10. The molecule has 0 saturated heterocycles. The van der Waals surface area contributed by atoms with E-state index in [1.54, 1.807) is 45.0 Å². The molecule has 0 amide bonds. The monoisotopic (exact) mass is 288 g/mol. The van der Waals surface area contributed by atoms with Crippen molar-refractivity contribution >= 4 is 17.5 Å². The number of hydrogen-bond donors (Lipinski definition) is 2. The lowest BCUT2D eigenvalue weighted by Gasteiger charge is -2.10. The molecule has 2 aromatic rings. The van der Waals surface area contributed by atoms with E-state index in [2.05, 4.69) is 20.5 Å². The predicted molar refractivity (Wildman–Crippen MR) is 77.7 cm³/mol. The first-order valence-corrected chi connectivity index (χ1v) is 6.47. The van der Waals surface area contributed by atoms with Gasteiger partial charge in [-0.25, -0.2) is 14.7 Å². The zero-order valence-corrected chi connectivity index (χ0v) is 12.0. The number of anilines is 2. The van der Waals surface area contributed by atoms with Gasteiger partial charge in [0.1, 0.15) is 5.69 Å². The standard InChI is InChI=1S/C14H16N4O3/c1-8(2)21-13(19)10-5-4-6-11(7-10)15-12-9(3)17-18-14(20)16-12/h4-8H,1-3H3,(H2,15,16,18,20). The fourth-order valence-corrected chi connectivity index (χ4v) is 1.65. The summed E-state index contributed by atoms with van der Waals surface area (Å²) in [5, 5.41) is 9.02. The number of aromatic amines is 1. The number of aryl methyl sites for hydroxylation is 1. The largest absolute Gasteiger partial charge is 0.459 e. The first-order valence-electron chi connectivity index (χ1n) is 6.47. The second-order valence-corrected chi connectivity index (χ2v) is 4.73. The molecule has 0 spiro atoms. The number of hydrogen-bond acceptors (Lipinski definition) is 6. The molecule has 1 heterocycles. The van der Waals surface area contributed by atoms with Crippen molar-refractivity contribution in [3.05, 3.63) is 46.0 Å². The molecule has 0 aliphatic carbocycles. The molecule has 2 rings (SSSR count). The van der Waals surface area contributed by atoms with E-state index < -0.39 is 11.7 Å². The number of ether oxygens (including phenoxy) is 1. The summed E-state index contributed by atoms with van der Waals surface area (Å²) in [6.45, 7) is 5.28. The quantitative estimate of drug-likeness (QED) is 0.832. The Morgan fingerprint density at radius 2 is 2.14 bits per heavy atom. The number of carbonyl (C=O) groups is 1. The number of H-pyrrole nitrogens is 1. The Bertz CT molecular complexity index is 709. The maximum absolute atomic E-state index is 11.8. The SMILES string of the molecule is Cc1n[nH]c(=O)nc1Nc1cccc(C(=O)OC(C)C)c1. The Labute approximate surface area is 121 Å². The Hall–Kier alpha value is -2.70. The van der Waals surface area contributed by atoms with Crippen molar-refractivity contribution in [3.8, 4) is 0 Å². The minimum atomic E-state index is -0.543. The van der Waals surface area contributed by atoms with Gasteiger partial charge in [-0.3, -0.25) is 0 Å². The number of benzene rings is 1. The van der Waals surface area contributed by atoms with Gasteiger partial charge < -0.3 is 10.1 Å². The summed E-state index contributed by atoms with van der Waals surface area (Å²) < 4.78 is 5.13. The summed E-state index contributed by atoms with van der Waals surface area (Å²) >= 11 is 0. The minimum Gasteiger partial charge on any atom is -0.459 e. The van der Waals surface area contributed by atoms with Crippen molar-refractivity contribution in [2.45, 2.75) is 26.9 Å². The lowest BCUT2D eigenvalue weighted by molar-refractivity contribution is 0.0378. The molecule has 21 heavy (non-hydrogen) atoms. The summed E-state index contributed by atoms with van der Waals surface area (Å²) in [5.74, 6) is -0.0597. The van der Waals surface area contributed by atoms with Gasteiger partial charge in [0.05, 0.1) is 11.7 Å². The van der Waals surface area contributed by atoms with E-state index in [0.717, 1.165) is 0 Å². The van der Waals surface area contributed by atoms with Crippen LogP contribution in [0.1, 0.15) is 29.9 Å². The highest BCUT2D eigenvalue weighted by atomic mass is 16.5. The lowest BCUT2D eigenvalue weighted by atomic mass is 10.2. The molecular formula is C14H16N4O3. The molecule has 1 aromatic carbocycles. The van der Waals surface area contributed by atoms with Crippen molar-refractivity contribution in [1.29, 1.82) is 0 Å². The van der Waals surface area contributed by atoms with E-state index in [1.165, 1.54) is 0 Å². The second kappa shape index (κ2) is 6.17. The lowest BCUT2D eigenvalue weighted by Crippen LogP contribution is -2.16. The van der Waals surface area contributed by atoms with E-state index in [4.69, 9.17) is 4.74 Å². The van der Waals surface area contributed by atoms with E-state index in [0.29, 0.717) is 22.8 Å². The van der Waals surface area contributed by atoms with E-state index >= 15 is 0 Å². The molecule has 110 valence electrons. The Morgan fingerprint density at radius 3 is 2.86 bits per heavy atom. The second-order valence-electron chi connectivity index (χ2n) is 4.73. The van der Waals surface area contributed by atoms with Gasteiger partial charge in [-0.2, -0.15) is 10.1 Å². The summed E-state index contributed by atoms with van der Waals surface area (Å²) in [6, 6.07) is 6.77. The average Bonchev–Trinajstić information content (AvgIpc) is 2.42. The van der Waals surface area contributed by atoms with Crippen molar-refractivity contribution in [1.82, 2.24) is 15.2 Å². The van der Waals surface area contributed by atoms with Gasteiger partial charge in [-0.05, 0) is 39.0 Å². The summed E-state index contributed by atoms with van der Waals surface area (Å²) in [7, 11) is 0. The highest BCUT2D eigenvalue weighted by Crippen LogP contribution is 2.17. The minimum absolute atomic E-state index is 0.185. The van der Waals surface area contributed by atoms with Crippen LogP contribution in [-0.2, 0) is 4.74 Å². The summed E-state index contributed by atoms with van der Waals surface area (Å²) in [5.41, 5.74) is 1.04. The number of carbonyl (C=O) groups excluding carboxylic acids is 1. The molecule has 0 aliphatic rings. The Balaban J connectivity index is 2.23. The van der Waals surface area contributed by atoms with Gasteiger partial charge >= 0.3 is 11.7 Å². The normalized spacial score (nSPS) is 10.5. The number of rotatable bonds is 4. The van der Waals surface area contributed by atoms with E-state index in [9.17, 15) is 9.59 Å². The number of esters is 1. The molecule has 0 atom stereocenters. The van der Waals surface area contributed by atoms with E-state index in [-0.39, 0.29) is 6.10 Å². The van der Waals surface area contributed by atoms with Crippen molar-refractivity contribution < 1.29 is 9.53 Å². The maximum atomic E-state index is 11.8. The molecule has 7 heteroatoms. The molecule has 0 unspecified atom stereocenters. The number of nitrogens with zero attached hydrogens (tertiary/aromatic N) is 2. The Kier molecular flexibility index (Phi) is 4.32. The molecule has 1 aromatic heterocycles. The zero-order chi connectivity index (χ0) is 15.4. The maximum Gasteiger partial charge on any atom is 0.363 e. The fraction of sp³-hybridized carbons (Fsp3) is 0.286. The zero-order valence-electron chi connectivity index (χ0n) is 12.0. The third-order valence-electron chi connectivity index (χ3n) is 2.58. The molecule has 7 nitrogen and oxygen atoms in total. The van der Waals surface area contributed by atoms with Crippen LogP contribution in [0, 0.1) is 6.92 Å². The summed E-state index contributed by atoms with van der Waals surface area (Å²) in [6.07, 6.45) is -0.185. The first-order chi connectivity index (χ1) is 9.95. The van der Waals surface area contributed by atoms with Crippen LogP contribution < -0.4 is 11.0 Å². The van der Waals surface area contributed by atoms with Crippen molar-refractivity contribution in [2.75, 3.05) is 5.32 Å². The first kappa shape index (κ1) is 14.7.